The summed E-state index contributed by atoms with van der Waals surface area (Å²) in [7, 11) is -4.77. The van der Waals surface area contributed by atoms with Crippen molar-refractivity contribution in [1.82, 2.24) is 0 Å². The first kappa shape index (κ1) is 18.0. The minimum atomic E-state index is -4.86. The molecule has 0 aromatic heterocycles. The van der Waals surface area contributed by atoms with E-state index in [0.29, 0.717) is 11.6 Å². The second kappa shape index (κ2) is 6.27. The van der Waals surface area contributed by atoms with Gasteiger partial charge in [-0.05, 0) is 38.1 Å². The van der Waals surface area contributed by atoms with Gasteiger partial charge < -0.3 is 4.18 Å². The van der Waals surface area contributed by atoms with Crippen LogP contribution in [0, 0.1) is 6.92 Å². The quantitative estimate of drug-likeness (QED) is 0.613. The molecule has 0 aliphatic heterocycles. The third-order valence-corrected chi connectivity index (χ3v) is 4.47. The molecule has 0 radical (unpaired) electrons. The van der Waals surface area contributed by atoms with Gasteiger partial charge >= 0.3 is 16.3 Å². The first-order valence-corrected chi connectivity index (χ1v) is 8.15. The monoisotopic (exact) mass is 358 g/mol. The normalized spacial score (nSPS) is 12.0. The summed E-state index contributed by atoms with van der Waals surface area (Å²) in [5, 5.41) is 0. The molecule has 24 heavy (non-hydrogen) atoms. The number of halogens is 3. The number of hydrogen-bond donors (Lipinski definition) is 0. The highest BCUT2D eigenvalue weighted by atomic mass is 32.2. The lowest BCUT2D eigenvalue weighted by molar-refractivity contribution is -0.139. The smallest absolute Gasteiger partial charge is 0.378 e. The van der Waals surface area contributed by atoms with Gasteiger partial charge in [0.25, 0.3) is 0 Å². The van der Waals surface area contributed by atoms with Crippen LogP contribution in [0.15, 0.2) is 47.4 Å². The number of ketones is 1. The fourth-order valence-corrected chi connectivity index (χ4v) is 3.24. The summed E-state index contributed by atoms with van der Waals surface area (Å²) < 4.78 is 68.4. The van der Waals surface area contributed by atoms with Gasteiger partial charge in [-0.2, -0.15) is 21.6 Å². The molecule has 8 heteroatoms. The lowest BCUT2D eigenvalue weighted by Crippen LogP contribution is -2.18. The van der Waals surface area contributed by atoms with E-state index in [2.05, 4.69) is 0 Å². The van der Waals surface area contributed by atoms with E-state index in [9.17, 15) is 26.4 Å². The summed E-state index contributed by atoms with van der Waals surface area (Å²) in [5.74, 6) is -0.780. The Labute approximate surface area is 137 Å². The molecule has 2 rings (SSSR count). The molecule has 0 N–H and O–H groups in total. The molecule has 2 aromatic carbocycles. The van der Waals surface area contributed by atoms with Gasteiger partial charge in [-0.25, -0.2) is 0 Å². The van der Waals surface area contributed by atoms with E-state index < -0.39 is 32.5 Å². The lowest BCUT2D eigenvalue weighted by atomic mass is 10.1. The van der Waals surface area contributed by atoms with Gasteiger partial charge in [0.15, 0.2) is 11.5 Å². The molecule has 0 unspecified atom stereocenters. The molecule has 128 valence electrons. The number of aryl methyl sites for hydroxylation is 1. The van der Waals surface area contributed by atoms with Crippen molar-refractivity contribution >= 4 is 15.9 Å². The highest BCUT2D eigenvalue weighted by Gasteiger charge is 2.37. The second-order valence-corrected chi connectivity index (χ2v) is 6.60. The van der Waals surface area contributed by atoms with Crippen LogP contribution in [0.3, 0.4) is 0 Å². The molecule has 0 bridgehead atoms. The fourth-order valence-electron chi connectivity index (χ4n) is 2.07. The molecule has 0 fully saturated rings. The van der Waals surface area contributed by atoms with E-state index in [1.54, 1.807) is 6.92 Å². The molecule has 0 aliphatic rings. The Bertz CT molecular complexity index is 886. The highest BCUT2D eigenvalue weighted by molar-refractivity contribution is 7.87. The van der Waals surface area contributed by atoms with Crippen molar-refractivity contribution in [2.24, 2.45) is 0 Å². The number of rotatable bonds is 4. The van der Waals surface area contributed by atoms with Gasteiger partial charge in [0, 0.05) is 0 Å². The van der Waals surface area contributed by atoms with Crippen molar-refractivity contribution in [3.05, 3.63) is 59.2 Å². The third kappa shape index (κ3) is 3.76. The number of Topliss-reactive ketones (excluding diaryl/α,β-unsaturated/α-hetero) is 1. The number of hydrogen-bond acceptors (Lipinski definition) is 4. The van der Waals surface area contributed by atoms with Crippen LogP contribution < -0.4 is 4.18 Å². The summed E-state index contributed by atoms with van der Waals surface area (Å²) in [5.41, 5.74) is -0.676. The van der Waals surface area contributed by atoms with Crippen LogP contribution >= 0.6 is 0 Å². The van der Waals surface area contributed by atoms with Crippen molar-refractivity contribution in [3.8, 4) is 5.75 Å². The number of carbonyl (C=O) groups is 1. The lowest BCUT2D eigenvalue weighted by Gasteiger charge is -2.14. The van der Waals surface area contributed by atoms with E-state index in [1.165, 1.54) is 25.1 Å². The minimum Gasteiger partial charge on any atom is -0.378 e. The van der Waals surface area contributed by atoms with Crippen molar-refractivity contribution in [2.45, 2.75) is 24.9 Å². The predicted molar refractivity (Wildman–Crippen MR) is 80.4 cm³/mol. The third-order valence-electron chi connectivity index (χ3n) is 3.18. The van der Waals surface area contributed by atoms with E-state index in [1.807, 2.05) is 0 Å². The van der Waals surface area contributed by atoms with E-state index in [4.69, 9.17) is 4.18 Å². The first-order valence-electron chi connectivity index (χ1n) is 6.74. The van der Waals surface area contributed by atoms with Crippen molar-refractivity contribution < 1.29 is 30.6 Å². The van der Waals surface area contributed by atoms with Gasteiger partial charge in [-0.15, -0.1) is 0 Å². The molecule has 0 saturated heterocycles. The van der Waals surface area contributed by atoms with Gasteiger partial charge in [0.05, 0.1) is 11.1 Å². The van der Waals surface area contributed by atoms with Crippen LogP contribution in [0.2, 0.25) is 0 Å². The average molecular weight is 358 g/mol. The number of benzene rings is 2. The van der Waals surface area contributed by atoms with E-state index in [0.717, 1.165) is 18.2 Å². The summed E-state index contributed by atoms with van der Waals surface area (Å²) in [6.07, 6.45) is -4.86. The zero-order valence-corrected chi connectivity index (χ0v) is 13.5. The Hall–Kier alpha value is -2.35. The molecule has 0 saturated carbocycles. The van der Waals surface area contributed by atoms with Crippen LogP contribution in [-0.4, -0.2) is 14.2 Å². The van der Waals surface area contributed by atoms with Crippen molar-refractivity contribution in [2.75, 3.05) is 0 Å². The van der Waals surface area contributed by atoms with Crippen LogP contribution in [0.25, 0.3) is 0 Å². The topological polar surface area (TPSA) is 60.4 Å². The van der Waals surface area contributed by atoms with Gasteiger partial charge in [0.2, 0.25) is 0 Å². The summed E-state index contributed by atoms with van der Waals surface area (Å²) in [4.78, 5) is 10.6. The zero-order chi connectivity index (χ0) is 18.1. The summed E-state index contributed by atoms with van der Waals surface area (Å²) in [6, 6.07) is 7.83. The fraction of sp³-hybridized carbons (Fsp3) is 0.188. The maximum absolute atomic E-state index is 13.0. The summed E-state index contributed by atoms with van der Waals surface area (Å²) in [6.45, 7) is 2.89. The van der Waals surface area contributed by atoms with E-state index >= 15 is 0 Å². The Morgan fingerprint density at radius 3 is 2.29 bits per heavy atom. The molecular weight excluding hydrogens is 345 g/mol. The van der Waals surface area contributed by atoms with Gasteiger partial charge in [0.1, 0.15) is 4.90 Å². The molecule has 0 atom stereocenters. The molecular formula is C16H13F3O4S. The Kier molecular flexibility index (Phi) is 4.70. The van der Waals surface area contributed by atoms with Crippen LogP contribution in [0.1, 0.15) is 28.4 Å². The first-order chi connectivity index (χ1) is 11.0. The predicted octanol–water partition coefficient (Wildman–Crippen LogP) is 3.98. The standard InChI is InChI=1S/C16H13F3O4S/c1-10-7-8-14(12(9-10)11(2)20)23-24(21,22)15-6-4-3-5-13(15)16(17,18)19/h3-9H,1-2H3. The van der Waals surface area contributed by atoms with Crippen LogP contribution in [0.4, 0.5) is 13.2 Å². The zero-order valence-electron chi connectivity index (χ0n) is 12.7. The molecule has 0 aliphatic carbocycles. The Balaban J connectivity index is 2.54. The van der Waals surface area contributed by atoms with E-state index in [-0.39, 0.29) is 11.3 Å². The highest BCUT2D eigenvalue weighted by Crippen LogP contribution is 2.35. The van der Waals surface area contributed by atoms with Crippen molar-refractivity contribution in [3.63, 3.8) is 0 Å². The molecule has 0 spiro atoms. The molecule has 0 amide bonds. The maximum atomic E-state index is 13.0. The second-order valence-electron chi connectivity index (χ2n) is 5.09. The Morgan fingerprint density at radius 1 is 1.08 bits per heavy atom. The van der Waals surface area contributed by atoms with Crippen LogP contribution in [-0.2, 0) is 16.3 Å². The molecule has 2 aromatic rings. The molecule has 4 nitrogen and oxygen atoms in total. The van der Waals surface area contributed by atoms with Gasteiger partial charge in [-0.1, -0.05) is 23.8 Å². The number of alkyl halides is 3. The van der Waals surface area contributed by atoms with Gasteiger partial charge in [-0.3, -0.25) is 4.79 Å². The SMILES string of the molecule is CC(=O)c1cc(C)ccc1OS(=O)(=O)c1ccccc1C(F)(F)F. The average Bonchev–Trinajstić information content (AvgIpc) is 2.48. The van der Waals surface area contributed by atoms with Crippen LogP contribution in [0.5, 0.6) is 5.75 Å². The largest absolute Gasteiger partial charge is 0.417 e. The Morgan fingerprint density at radius 2 is 1.71 bits per heavy atom. The summed E-state index contributed by atoms with van der Waals surface area (Å²) >= 11 is 0. The maximum Gasteiger partial charge on any atom is 0.417 e. The minimum absolute atomic E-state index is 0.0249. The molecule has 0 heterocycles. The van der Waals surface area contributed by atoms with Crippen molar-refractivity contribution in [1.29, 1.82) is 0 Å². The number of carbonyl (C=O) groups excluding carboxylic acids is 1.